The first-order chi connectivity index (χ1) is 7.75. The van der Waals surface area contributed by atoms with E-state index in [1.54, 1.807) is 0 Å². The Morgan fingerprint density at radius 2 is 2.00 bits per heavy atom. The fourth-order valence-electron chi connectivity index (χ4n) is 0.821. The molecule has 0 rings (SSSR count). The summed E-state index contributed by atoms with van der Waals surface area (Å²) in [5, 5.41) is 11.2. The van der Waals surface area contributed by atoms with Crippen LogP contribution < -0.4 is 5.32 Å². The van der Waals surface area contributed by atoms with E-state index in [0.29, 0.717) is 0 Å². The summed E-state index contributed by atoms with van der Waals surface area (Å²) in [5.74, 6) is -1.44. The number of carbonyl (C=O) groups is 2. The summed E-state index contributed by atoms with van der Waals surface area (Å²) in [5.41, 5.74) is -1.06. The predicted molar refractivity (Wildman–Crippen MR) is 55.9 cm³/mol. The van der Waals surface area contributed by atoms with Crippen LogP contribution in [0.25, 0.3) is 0 Å². The highest BCUT2D eigenvalue weighted by molar-refractivity contribution is 5.78. The Morgan fingerprint density at radius 1 is 1.41 bits per heavy atom. The fourth-order valence-corrected chi connectivity index (χ4v) is 0.821. The first-order valence-corrected chi connectivity index (χ1v) is 5.11. The molecule has 0 aliphatic rings. The number of alkyl halides is 2. The summed E-state index contributed by atoms with van der Waals surface area (Å²) in [7, 11) is 0. The minimum Gasteiger partial charge on any atom is -0.481 e. The van der Waals surface area contributed by atoms with Crippen molar-refractivity contribution in [2.24, 2.45) is 5.41 Å². The number of nitrogens with one attached hydrogen (secondary N) is 1. The number of amides is 1. The van der Waals surface area contributed by atoms with Crippen molar-refractivity contribution >= 4 is 11.9 Å². The topological polar surface area (TPSA) is 75.6 Å². The maximum absolute atomic E-state index is 11.7. The number of hydrogen-bond acceptors (Lipinski definition) is 3. The zero-order valence-corrected chi connectivity index (χ0v) is 9.83. The van der Waals surface area contributed by atoms with Crippen LogP contribution in [-0.4, -0.2) is 43.2 Å². The summed E-state index contributed by atoms with van der Waals surface area (Å²) < 4.78 is 27.8. The van der Waals surface area contributed by atoms with E-state index >= 15 is 0 Å². The molecule has 0 fully saturated rings. The second-order valence-corrected chi connectivity index (χ2v) is 4.18. The predicted octanol–water partition coefficient (Wildman–Crippen LogP) is 0.885. The molecule has 100 valence electrons. The SMILES string of the molecule is CC(C)(CNC(=O)CCOCC(F)F)C(=O)O. The molecule has 0 unspecified atom stereocenters. The lowest BCUT2D eigenvalue weighted by atomic mass is 9.94. The summed E-state index contributed by atoms with van der Waals surface area (Å²) in [6.45, 7) is 2.12. The highest BCUT2D eigenvalue weighted by atomic mass is 19.3. The Bertz CT molecular complexity index is 269. The average molecular weight is 253 g/mol. The lowest BCUT2D eigenvalue weighted by Crippen LogP contribution is -2.39. The van der Waals surface area contributed by atoms with Crippen molar-refractivity contribution in [3.63, 3.8) is 0 Å². The van der Waals surface area contributed by atoms with Crippen LogP contribution in [0.4, 0.5) is 8.78 Å². The Balaban J connectivity index is 3.70. The van der Waals surface area contributed by atoms with Crippen molar-refractivity contribution in [2.75, 3.05) is 19.8 Å². The van der Waals surface area contributed by atoms with Crippen molar-refractivity contribution in [1.82, 2.24) is 5.32 Å². The van der Waals surface area contributed by atoms with Gasteiger partial charge in [0.1, 0.15) is 6.61 Å². The number of hydrogen-bond donors (Lipinski definition) is 2. The standard InChI is InChI=1S/C10H17F2NO4/c1-10(2,9(15)16)6-13-8(14)3-4-17-5-7(11)12/h7H,3-6H2,1-2H3,(H,13,14)(H,15,16). The van der Waals surface area contributed by atoms with Crippen molar-refractivity contribution in [1.29, 1.82) is 0 Å². The minimum absolute atomic E-state index is 0.0178. The van der Waals surface area contributed by atoms with Gasteiger partial charge in [0.2, 0.25) is 5.91 Å². The molecule has 7 heteroatoms. The van der Waals surface area contributed by atoms with Gasteiger partial charge in [0.25, 0.3) is 6.43 Å². The Kier molecular flexibility index (Phi) is 6.64. The van der Waals surface area contributed by atoms with Gasteiger partial charge in [-0.1, -0.05) is 0 Å². The van der Waals surface area contributed by atoms with E-state index in [4.69, 9.17) is 5.11 Å². The molecule has 0 aromatic rings. The molecule has 0 aromatic heterocycles. The largest absolute Gasteiger partial charge is 0.481 e. The van der Waals surface area contributed by atoms with Gasteiger partial charge < -0.3 is 15.2 Å². The van der Waals surface area contributed by atoms with E-state index in [1.165, 1.54) is 13.8 Å². The minimum atomic E-state index is -2.55. The molecule has 0 aliphatic carbocycles. The summed E-state index contributed by atoms with van der Waals surface area (Å²) >= 11 is 0. The van der Waals surface area contributed by atoms with Gasteiger partial charge in [-0.2, -0.15) is 0 Å². The van der Waals surface area contributed by atoms with E-state index in [9.17, 15) is 18.4 Å². The van der Waals surface area contributed by atoms with E-state index in [0.717, 1.165) is 0 Å². The zero-order chi connectivity index (χ0) is 13.5. The van der Waals surface area contributed by atoms with E-state index in [1.807, 2.05) is 0 Å². The molecule has 0 spiro atoms. The Labute approximate surface area is 98.1 Å². The van der Waals surface area contributed by atoms with Crippen LogP contribution in [0.3, 0.4) is 0 Å². The smallest absolute Gasteiger partial charge is 0.310 e. The molecule has 0 atom stereocenters. The van der Waals surface area contributed by atoms with E-state index < -0.39 is 30.3 Å². The second kappa shape index (κ2) is 7.16. The molecule has 0 bridgehead atoms. The van der Waals surface area contributed by atoms with Crippen molar-refractivity contribution in [3.8, 4) is 0 Å². The lowest BCUT2D eigenvalue weighted by Gasteiger charge is -2.19. The highest BCUT2D eigenvalue weighted by Gasteiger charge is 2.27. The number of carboxylic acids is 1. The maximum atomic E-state index is 11.7. The van der Waals surface area contributed by atoms with Crippen LogP contribution in [0, 0.1) is 5.41 Å². The zero-order valence-electron chi connectivity index (χ0n) is 9.83. The fraction of sp³-hybridized carbons (Fsp3) is 0.800. The third kappa shape index (κ3) is 7.62. The molecule has 0 aliphatic heterocycles. The average Bonchev–Trinajstić information content (AvgIpc) is 2.21. The number of carbonyl (C=O) groups excluding carboxylic acids is 1. The van der Waals surface area contributed by atoms with Gasteiger partial charge >= 0.3 is 5.97 Å². The molecule has 0 heterocycles. The third-order valence-corrected chi connectivity index (χ3v) is 2.02. The van der Waals surface area contributed by atoms with Crippen molar-refractivity contribution < 1.29 is 28.2 Å². The molecular formula is C10H17F2NO4. The molecule has 0 saturated heterocycles. The number of aliphatic carboxylic acids is 1. The highest BCUT2D eigenvalue weighted by Crippen LogP contribution is 2.12. The van der Waals surface area contributed by atoms with Gasteiger partial charge in [0.05, 0.1) is 12.0 Å². The summed E-state index contributed by atoms with van der Waals surface area (Å²) in [4.78, 5) is 21.9. The van der Waals surface area contributed by atoms with Gasteiger partial charge in [-0.3, -0.25) is 9.59 Å². The van der Waals surface area contributed by atoms with Gasteiger partial charge in [-0.25, -0.2) is 8.78 Å². The lowest BCUT2D eigenvalue weighted by molar-refractivity contribution is -0.146. The van der Waals surface area contributed by atoms with Crippen LogP contribution in [-0.2, 0) is 14.3 Å². The Morgan fingerprint density at radius 3 is 2.47 bits per heavy atom. The van der Waals surface area contributed by atoms with Gasteiger partial charge in [0.15, 0.2) is 0 Å². The van der Waals surface area contributed by atoms with Crippen molar-refractivity contribution in [3.05, 3.63) is 0 Å². The third-order valence-electron chi connectivity index (χ3n) is 2.02. The molecule has 5 nitrogen and oxygen atoms in total. The van der Waals surface area contributed by atoms with E-state index in [2.05, 4.69) is 10.1 Å². The quantitative estimate of drug-likeness (QED) is 0.630. The van der Waals surface area contributed by atoms with Gasteiger partial charge in [0, 0.05) is 13.0 Å². The summed E-state index contributed by atoms with van der Waals surface area (Å²) in [6.07, 6.45) is -2.62. The molecule has 2 N–H and O–H groups in total. The maximum Gasteiger partial charge on any atom is 0.310 e. The monoisotopic (exact) mass is 253 g/mol. The number of carboxylic acid groups (broad SMARTS) is 1. The van der Waals surface area contributed by atoms with Gasteiger partial charge in [-0.05, 0) is 13.8 Å². The van der Waals surface area contributed by atoms with Crippen LogP contribution in [0.5, 0.6) is 0 Å². The first kappa shape index (κ1) is 15.8. The first-order valence-electron chi connectivity index (χ1n) is 5.11. The molecule has 0 radical (unpaired) electrons. The van der Waals surface area contributed by atoms with Crippen LogP contribution in [0.15, 0.2) is 0 Å². The van der Waals surface area contributed by atoms with Crippen LogP contribution in [0.1, 0.15) is 20.3 Å². The number of rotatable bonds is 8. The van der Waals surface area contributed by atoms with Gasteiger partial charge in [-0.15, -0.1) is 0 Å². The Hall–Kier alpha value is -1.24. The second-order valence-electron chi connectivity index (χ2n) is 4.18. The van der Waals surface area contributed by atoms with Crippen molar-refractivity contribution in [2.45, 2.75) is 26.7 Å². The normalized spacial score (nSPS) is 11.6. The van der Waals surface area contributed by atoms with Crippen LogP contribution in [0.2, 0.25) is 0 Å². The molecule has 17 heavy (non-hydrogen) atoms. The number of halogens is 2. The number of ether oxygens (including phenoxy) is 1. The van der Waals surface area contributed by atoms with Crippen LogP contribution >= 0.6 is 0 Å². The molecule has 1 amide bonds. The molecule has 0 saturated carbocycles. The summed E-state index contributed by atoms with van der Waals surface area (Å²) in [6, 6.07) is 0. The van der Waals surface area contributed by atoms with E-state index in [-0.39, 0.29) is 19.6 Å². The molecular weight excluding hydrogens is 236 g/mol. The molecule has 0 aromatic carbocycles.